The number of esters is 1. The van der Waals surface area contributed by atoms with Gasteiger partial charge in [-0.1, -0.05) is 0 Å². The molecule has 1 fully saturated rings. The average Bonchev–Trinajstić information content (AvgIpc) is 3.34. The summed E-state index contributed by atoms with van der Waals surface area (Å²) in [6.07, 6.45) is 1.67. The number of thioether (sulfide) groups is 1. The van der Waals surface area contributed by atoms with Crippen molar-refractivity contribution in [2.45, 2.75) is 13.8 Å². The summed E-state index contributed by atoms with van der Waals surface area (Å²) in [6.45, 7) is 3.70. The van der Waals surface area contributed by atoms with Crippen LogP contribution in [0, 0.1) is 13.8 Å². The van der Waals surface area contributed by atoms with Crippen LogP contribution in [-0.2, 0) is 14.3 Å². The Bertz CT molecular complexity index is 1070. The van der Waals surface area contributed by atoms with E-state index in [0.717, 1.165) is 39.3 Å². The fourth-order valence-electron chi connectivity index (χ4n) is 3.33. The molecule has 0 aliphatic carbocycles. The predicted octanol–water partition coefficient (Wildman–Crippen LogP) is 3.03. The molecule has 0 atom stereocenters. The fourth-order valence-corrected chi connectivity index (χ4v) is 4.16. The van der Waals surface area contributed by atoms with Crippen LogP contribution in [-0.4, -0.2) is 47.0 Å². The number of hydrogen-bond acceptors (Lipinski definition) is 7. The lowest BCUT2D eigenvalue weighted by molar-refractivity contribution is -0.143. The number of imide groups is 1. The molecule has 29 heavy (non-hydrogen) atoms. The van der Waals surface area contributed by atoms with Gasteiger partial charge in [-0.15, -0.1) is 0 Å². The molecule has 0 spiro atoms. The molecule has 1 aromatic carbocycles. The number of amides is 2. The quantitative estimate of drug-likeness (QED) is 0.561. The van der Waals surface area contributed by atoms with Crippen molar-refractivity contribution in [2.24, 2.45) is 0 Å². The summed E-state index contributed by atoms with van der Waals surface area (Å²) in [7, 11) is 1.21. The third-order valence-corrected chi connectivity index (χ3v) is 5.67. The van der Waals surface area contributed by atoms with Crippen LogP contribution < -0.4 is 9.47 Å². The largest absolute Gasteiger partial charge is 0.468 e. The number of rotatable bonds is 4. The van der Waals surface area contributed by atoms with Crippen LogP contribution in [0.15, 0.2) is 29.2 Å². The Morgan fingerprint density at radius 1 is 1.21 bits per heavy atom. The van der Waals surface area contributed by atoms with Gasteiger partial charge in [-0.2, -0.15) is 0 Å². The van der Waals surface area contributed by atoms with Crippen LogP contribution in [0.4, 0.5) is 4.79 Å². The molecule has 0 N–H and O–H groups in total. The van der Waals surface area contributed by atoms with Crippen molar-refractivity contribution in [3.63, 3.8) is 0 Å². The van der Waals surface area contributed by atoms with Gasteiger partial charge in [0.15, 0.2) is 11.5 Å². The Balaban J connectivity index is 1.66. The maximum atomic E-state index is 12.5. The number of hydrogen-bond donors (Lipinski definition) is 0. The van der Waals surface area contributed by atoms with Crippen molar-refractivity contribution in [2.75, 3.05) is 20.4 Å². The number of ether oxygens (including phenoxy) is 3. The first-order chi connectivity index (χ1) is 13.9. The van der Waals surface area contributed by atoms with Gasteiger partial charge in [0.2, 0.25) is 6.79 Å². The SMILES string of the molecule is COC(=O)CN1C(=O)S/C(=C/c2cc(C)n(-c3ccc4c(c3)OCO4)c2C)C1=O. The van der Waals surface area contributed by atoms with E-state index in [1.54, 1.807) is 6.08 Å². The number of carbonyl (C=O) groups excluding carboxylic acids is 3. The van der Waals surface area contributed by atoms with Crippen molar-refractivity contribution in [3.8, 4) is 17.2 Å². The number of nitrogens with zero attached hydrogens (tertiary/aromatic N) is 2. The van der Waals surface area contributed by atoms with Gasteiger partial charge in [-0.25, -0.2) is 0 Å². The lowest BCUT2D eigenvalue weighted by Crippen LogP contribution is -2.34. The van der Waals surface area contributed by atoms with E-state index in [2.05, 4.69) is 4.74 Å². The van der Waals surface area contributed by atoms with Crippen molar-refractivity contribution >= 4 is 35.0 Å². The Morgan fingerprint density at radius 3 is 2.72 bits per heavy atom. The zero-order valence-corrected chi connectivity index (χ0v) is 16.9. The summed E-state index contributed by atoms with van der Waals surface area (Å²) in [5.74, 6) is 0.240. The Labute approximate surface area is 171 Å². The topological polar surface area (TPSA) is 87.1 Å². The molecule has 8 nitrogen and oxygen atoms in total. The number of benzene rings is 1. The number of methoxy groups -OCH3 is 1. The third kappa shape index (κ3) is 3.38. The maximum Gasteiger partial charge on any atom is 0.325 e. The van der Waals surface area contributed by atoms with Crippen molar-refractivity contribution < 1.29 is 28.6 Å². The van der Waals surface area contributed by atoms with Gasteiger partial charge in [0, 0.05) is 23.1 Å². The standard InChI is InChI=1S/C20H18N2O6S/c1-11-6-13(7-17-19(24)21(20(25)29-17)9-18(23)26-3)12(2)22(11)14-4-5-15-16(8-14)28-10-27-15/h4-8H,9-10H2,1-3H3/b17-7+. The number of carbonyl (C=O) groups is 3. The van der Waals surface area contributed by atoms with Crippen LogP contribution in [0.5, 0.6) is 11.5 Å². The average molecular weight is 414 g/mol. The number of fused-ring (bicyclic) bond motifs is 1. The summed E-state index contributed by atoms with van der Waals surface area (Å²) >= 11 is 0.810. The monoisotopic (exact) mass is 414 g/mol. The first-order valence-electron chi connectivity index (χ1n) is 8.80. The van der Waals surface area contributed by atoms with Gasteiger partial charge in [0.1, 0.15) is 6.54 Å². The van der Waals surface area contributed by atoms with Crippen molar-refractivity contribution in [3.05, 3.63) is 46.1 Å². The van der Waals surface area contributed by atoms with Crippen LogP contribution in [0.1, 0.15) is 17.0 Å². The first-order valence-corrected chi connectivity index (χ1v) is 9.62. The fraction of sp³-hybridized carbons (Fsp3) is 0.250. The third-order valence-electron chi connectivity index (χ3n) is 4.76. The van der Waals surface area contributed by atoms with Crippen molar-refractivity contribution in [1.29, 1.82) is 0 Å². The van der Waals surface area contributed by atoms with Crippen LogP contribution in [0.25, 0.3) is 11.8 Å². The van der Waals surface area contributed by atoms with E-state index in [1.165, 1.54) is 7.11 Å². The second-order valence-corrected chi connectivity index (χ2v) is 7.54. The zero-order valence-electron chi connectivity index (χ0n) is 16.1. The van der Waals surface area contributed by atoms with E-state index in [0.29, 0.717) is 11.5 Å². The summed E-state index contributed by atoms with van der Waals surface area (Å²) < 4.78 is 17.4. The van der Waals surface area contributed by atoms with E-state index < -0.39 is 23.7 Å². The highest BCUT2D eigenvalue weighted by Crippen LogP contribution is 2.36. The second-order valence-electron chi connectivity index (χ2n) is 6.54. The molecule has 150 valence electrons. The summed E-state index contributed by atoms with van der Waals surface area (Å²) in [5.41, 5.74) is 3.58. The van der Waals surface area contributed by atoms with E-state index >= 15 is 0 Å². The molecule has 0 bridgehead atoms. The molecule has 2 aliphatic heterocycles. The molecular formula is C20H18N2O6S. The van der Waals surface area contributed by atoms with E-state index in [4.69, 9.17) is 9.47 Å². The molecule has 1 saturated heterocycles. The Kier molecular flexibility index (Phi) is 4.83. The molecule has 2 amide bonds. The second kappa shape index (κ2) is 7.32. The molecule has 0 unspecified atom stereocenters. The molecular weight excluding hydrogens is 396 g/mol. The van der Waals surface area contributed by atoms with Gasteiger partial charge in [-0.3, -0.25) is 19.3 Å². The van der Waals surface area contributed by atoms with E-state index in [-0.39, 0.29) is 11.7 Å². The first kappa shape index (κ1) is 19.1. The van der Waals surface area contributed by atoms with E-state index in [1.807, 2.05) is 42.7 Å². The smallest absolute Gasteiger partial charge is 0.325 e. The highest BCUT2D eigenvalue weighted by Gasteiger charge is 2.36. The van der Waals surface area contributed by atoms with Gasteiger partial charge < -0.3 is 18.8 Å². The molecule has 9 heteroatoms. The minimum atomic E-state index is -0.644. The maximum absolute atomic E-state index is 12.5. The lowest BCUT2D eigenvalue weighted by atomic mass is 10.2. The van der Waals surface area contributed by atoms with Crippen LogP contribution in [0.3, 0.4) is 0 Å². The normalized spacial score (nSPS) is 16.8. The predicted molar refractivity (Wildman–Crippen MR) is 106 cm³/mol. The Hall–Kier alpha value is -3.20. The van der Waals surface area contributed by atoms with Crippen LogP contribution >= 0.6 is 11.8 Å². The molecule has 2 aliphatic rings. The van der Waals surface area contributed by atoms with Crippen molar-refractivity contribution in [1.82, 2.24) is 9.47 Å². The number of aryl methyl sites for hydroxylation is 1. The highest BCUT2D eigenvalue weighted by atomic mass is 32.2. The minimum Gasteiger partial charge on any atom is -0.468 e. The molecule has 2 aromatic rings. The highest BCUT2D eigenvalue weighted by molar-refractivity contribution is 8.18. The molecule has 4 rings (SSSR count). The van der Waals surface area contributed by atoms with Gasteiger partial charge in [-0.05, 0) is 55.4 Å². The minimum absolute atomic E-state index is 0.204. The zero-order chi connectivity index (χ0) is 20.7. The van der Waals surface area contributed by atoms with Gasteiger partial charge in [0.25, 0.3) is 11.1 Å². The van der Waals surface area contributed by atoms with Crippen LogP contribution in [0.2, 0.25) is 0 Å². The summed E-state index contributed by atoms with van der Waals surface area (Å²) in [6, 6.07) is 7.63. The summed E-state index contributed by atoms with van der Waals surface area (Å²) in [4.78, 5) is 37.3. The Morgan fingerprint density at radius 2 is 1.97 bits per heavy atom. The molecule has 0 saturated carbocycles. The summed E-state index contributed by atoms with van der Waals surface area (Å²) in [5, 5.41) is -0.490. The van der Waals surface area contributed by atoms with Gasteiger partial charge in [0.05, 0.1) is 12.0 Å². The van der Waals surface area contributed by atoms with Gasteiger partial charge >= 0.3 is 5.97 Å². The molecule has 3 heterocycles. The molecule has 1 aromatic heterocycles. The lowest BCUT2D eigenvalue weighted by Gasteiger charge is -2.10. The number of aromatic nitrogens is 1. The van der Waals surface area contributed by atoms with E-state index in [9.17, 15) is 14.4 Å². The molecule has 0 radical (unpaired) electrons.